The van der Waals surface area contributed by atoms with Gasteiger partial charge in [0, 0.05) is 71.5 Å². The van der Waals surface area contributed by atoms with Crippen molar-refractivity contribution in [3.05, 3.63) is 34.8 Å². The average molecular weight is 1640 g/mol. The summed E-state index contributed by atoms with van der Waals surface area (Å²) in [6.45, 7) is 18.8. The number of rotatable bonds is 25. The summed E-state index contributed by atoms with van der Waals surface area (Å²) in [6, 6.07) is -3.64. The third-order valence-electron chi connectivity index (χ3n) is 19.9. The van der Waals surface area contributed by atoms with E-state index in [9.17, 15) is 67.1 Å². The zero-order chi connectivity index (χ0) is 83.7. The summed E-state index contributed by atoms with van der Waals surface area (Å²) in [5, 5.41) is 4.39. The van der Waals surface area contributed by atoms with Crippen LogP contribution in [0.15, 0.2) is 25.0 Å². The number of carbonyl (C=O) groups excluding carboxylic acids is 14. The number of likely N-dealkylation sites (N-methyl/N-ethyl adjacent to an activating group) is 6. The molecule has 0 aliphatic heterocycles. The lowest BCUT2D eigenvalue weighted by Gasteiger charge is -2.26. The van der Waals surface area contributed by atoms with Gasteiger partial charge in [0.25, 0.3) is 0 Å². The van der Waals surface area contributed by atoms with E-state index in [0.29, 0.717) is 43.7 Å². The maximum Gasteiger partial charge on any atom is 0.328 e. The molecule has 36 heteroatoms. The highest BCUT2D eigenvalue weighted by molar-refractivity contribution is 9.09. The highest BCUT2D eigenvalue weighted by Crippen LogP contribution is 2.54. The Labute approximate surface area is 655 Å². The van der Waals surface area contributed by atoms with E-state index in [1.165, 1.54) is 116 Å². The fourth-order valence-electron chi connectivity index (χ4n) is 10.5. The van der Waals surface area contributed by atoms with Crippen LogP contribution < -0.4 is 22.5 Å². The van der Waals surface area contributed by atoms with Crippen molar-refractivity contribution >= 4 is 149 Å². The van der Waals surface area contributed by atoms with Crippen LogP contribution in [0, 0.1) is 34.0 Å². The van der Waals surface area contributed by atoms with Gasteiger partial charge >= 0.3 is 35.8 Å². The number of carbonyl (C=O) groups is 14. The van der Waals surface area contributed by atoms with Crippen molar-refractivity contribution in [1.29, 1.82) is 0 Å². The maximum atomic E-state index is 12.7. The second-order valence-corrected chi connectivity index (χ2v) is 29.6. The topological polar surface area (TPSA) is 430 Å². The van der Waals surface area contributed by atoms with E-state index in [-0.39, 0.29) is 57.5 Å². The number of Topliss-reactive ketones (excluding diaryl/α,β-unsaturated/α-hetero) is 2. The van der Waals surface area contributed by atoms with E-state index in [4.69, 9.17) is 16.9 Å². The van der Waals surface area contributed by atoms with Gasteiger partial charge in [-0.1, -0.05) is 41.8 Å². The summed E-state index contributed by atoms with van der Waals surface area (Å²) in [4.78, 5) is 183. The van der Waals surface area contributed by atoms with Crippen molar-refractivity contribution in [3.63, 3.8) is 0 Å². The number of nitrogens with zero attached hydrogens (tertiary/aromatic N) is 8. The standard InChI is InChI=1S/C13H19N3O3S.C12H17N3O3S.C11H16BrNO4.C11H17NO4.C11H17NO3.C11H15NO3.C2H6.CH4N2S/c1-8(10(17)19-4)16(3)11(18)13(5-6-13)9-7-15-12(14-2)20-9;1-7(9(16)18-3)15(2)10(17)12(4-5-12)8-6-14-11(13)19-8;1-7(9(15)17-3)13(2)10(16)11(4-5-11)8(14)6-12;1-7(9(14)16-4)12(3)10(15)11(5-6-11)8(2)13;2*1-5-11(6-7-11)10(14)12(3)8(2)9(13)15-4;1-2;2-1(3)4/h7-8H,5-6H2,1-4H3,(H,14,15);6-7H,4-5H2,1-3H3,(H2,13,14);7H,4-6H2,1-3H3;7H,5-6H2,1-4H3;5,8H,1,6-7H2,2-4H3;1,8H,6-7H2,2-4H3;1-2H3;(H4,2,3,4)/t8-;3*7-;2*8-;;/m111111../s1. The summed E-state index contributed by atoms with van der Waals surface area (Å²) in [7, 11) is 19.1. The molecule has 6 atom stereocenters. The van der Waals surface area contributed by atoms with Gasteiger partial charge in [0.05, 0.1) is 64.2 Å². The van der Waals surface area contributed by atoms with E-state index in [1.54, 1.807) is 95.3 Å². The molecule has 32 nitrogen and oxygen atoms in total. The van der Waals surface area contributed by atoms with Crippen molar-refractivity contribution in [1.82, 2.24) is 39.4 Å². The predicted octanol–water partition coefficient (Wildman–Crippen LogP) is 4.75. The van der Waals surface area contributed by atoms with E-state index in [2.05, 4.69) is 91.1 Å². The van der Waals surface area contributed by atoms with E-state index >= 15 is 0 Å². The first-order valence-electron chi connectivity index (χ1n) is 34.6. The number of nitrogens with one attached hydrogen (secondary N) is 1. The van der Waals surface area contributed by atoms with E-state index in [1.807, 2.05) is 13.8 Å². The number of anilines is 2. The number of amides is 6. The van der Waals surface area contributed by atoms with Crippen molar-refractivity contribution in [2.75, 3.05) is 108 Å². The van der Waals surface area contributed by atoms with Gasteiger partial charge in [-0.25, -0.2) is 38.7 Å². The quantitative estimate of drug-likeness (QED) is 0.0198. The van der Waals surface area contributed by atoms with Gasteiger partial charge in [-0.15, -0.1) is 35.7 Å². The molecule has 0 unspecified atom stereocenters. The third-order valence-corrected chi connectivity index (χ3v) is 22.6. The van der Waals surface area contributed by atoms with Crippen molar-refractivity contribution < 1.29 is 95.5 Å². The zero-order valence-corrected chi connectivity index (χ0v) is 70.3. The highest BCUT2D eigenvalue weighted by atomic mass is 79.9. The molecule has 108 heavy (non-hydrogen) atoms. The zero-order valence-electron chi connectivity index (χ0n) is 66.3. The number of thiocarbonyl (C=S) groups is 1. The van der Waals surface area contributed by atoms with E-state index in [0.717, 1.165) is 53.4 Å². The predicted molar refractivity (Wildman–Crippen MR) is 413 cm³/mol. The highest BCUT2D eigenvalue weighted by Gasteiger charge is 2.59. The lowest BCUT2D eigenvalue weighted by atomic mass is 10.00. The molecule has 2 heterocycles. The lowest BCUT2D eigenvalue weighted by molar-refractivity contribution is -0.154. The maximum absolute atomic E-state index is 12.7. The largest absolute Gasteiger partial charge is 0.467 e. The van der Waals surface area contributed by atoms with Crippen molar-refractivity contribution in [2.24, 2.45) is 33.1 Å². The van der Waals surface area contributed by atoms with Gasteiger partial charge in [0.15, 0.2) is 21.2 Å². The van der Waals surface area contributed by atoms with Gasteiger partial charge in [-0.2, -0.15) is 0 Å². The molecular formula is C72H111BrN12O20S3. The molecule has 6 fully saturated rings. The molecule has 0 radical (unpaired) electrons. The van der Waals surface area contributed by atoms with Crippen LogP contribution in [0.2, 0.25) is 0 Å². The number of alkyl halides is 1. The molecule has 6 aliphatic carbocycles. The van der Waals surface area contributed by atoms with Crippen LogP contribution in [0.5, 0.6) is 0 Å². The molecule has 2 aromatic heterocycles. The van der Waals surface area contributed by atoms with Crippen molar-refractivity contribution in [3.8, 4) is 12.3 Å². The fraction of sp³-hybridized carbons (Fsp3) is 0.653. The van der Waals surface area contributed by atoms with Crippen LogP contribution in [-0.2, 0) is 106 Å². The SMILES string of the molecule is C#CC1(C(=O)N(C)[C@H](C)C(=O)OC)CC1.C=CC1(C(=O)N(C)[C@H](C)C(=O)OC)CC1.CC.CNc1ncc(C2(C(=O)N(C)[C@H](C)C(=O)OC)CC2)s1.COC(=O)[C@@H](C)N(C)C(=O)C1(C(=O)CBr)CC1.COC(=O)[C@@H](C)N(C)C(=O)C1(C(C)=O)CC1.COC(=O)[C@@H](C)N(C)C(=O)C1(c2cnc(N)s2)CC1.NC(N)=S. The summed E-state index contributed by atoms with van der Waals surface area (Å²) in [5.41, 5.74) is 11.0. The number of halogens is 1. The molecule has 6 aliphatic rings. The number of hydrogen-bond donors (Lipinski definition) is 4. The molecule has 604 valence electrons. The van der Waals surface area contributed by atoms with Gasteiger partial charge in [0.1, 0.15) is 58.3 Å². The summed E-state index contributed by atoms with van der Waals surface area (Å²) in [5.74, 6) is -1.25. The van der Waals surface area contributed by atoms with Crippen LogP contribution in [0.3, 0.4) is 0 Å². The molecule has 0 aromatic carbocycles. The van der Waals surface area contributed by atoms with Crippen LogP contribution >= 0.6 is 50.8 Å². The Bertz CT molecular complexity index is 3610. The summed E-state index contributed by atoms with van der Waals surface area (Å²) >= 11 is 9.99. The Balaban J connectivity index is 0.000000640. The first-order chi connectivity index (χ1) is 50.3. The van der Waals surface area contributed by atoms with Crippen LogP contribution in [0.4, 0.5) is 10.3 Å². The number of aromatic nitrogens is 2. The Kier molecular flexibility index (Phi) is 38.1. The summed E-state index contributed by atoms with van der Waals surface area (Å²) in [6.07, 6.45) is 18.9. The minimum absolute atomic E-state index is 0.000000000000000222. The second-order valence-electron chi connectivity index (χ2n) is 26.5. The van der Waals surface area contributed by atoms with Gasteiger partial charge in [-0.3, -0.25) is 38.4 Å². The number of thiazole rings is 2. The molecule has 6 amide bonds. The Morgan fingerprint density at radius 2 is 0.815 bits per heavy atom. The number of hydrogen-bond acceptors (Lipinski definition) is 27. The lowest BCUT2D eigenvalue weighted by Crippen LogP contribution is -2.46. The Morgan fingerprint density at radius 3 is 1.04 bits per heavy atom. The minimum Gasteiger partial charge on any atom is -0.467 e. The van der Waals surface area contributed by atoms with Crippen LogP contribution in [0.1, 0.15) is 149 Å². The van der Waals surface area contributed by atoms with Crippen molar-refractivity contribution in [2.45, 2.75) is 186 Å². The average Bonchev–Trinajstić information content (AvgIpc) is 1.60. The number of nitrogens with two attached hydrogens (primary N) is 3. The third kappa shape index (κ3) is 24.2. The Hall–Kier alpha value is -8.69. The molecular weight excluding hydrogens is 1530 g/mol. The number of ketones is 2. The molecule has 7 N–H and O–H groups in total. The van der Waals surface area contributed by atoms with Gasteiger partial charge in [-0.05, 0) is 138 Å². The first-order valence-corrected chi connectivity index (χ1v) is 37.7. The van der Waals surface area contributed by atoms with Gasteiger partial charge in [0.2, 0.25) is 35.4 Å². The van der Waals surface area contributed by atoms with Crippen LogP contribution in [0.25, 0.3) is 0 Å². The molecule has 6 saturated carbocycles. The number of ether oxygens (including phenoxy) is 6. The minimum atomic E-state index is -0.902. The van der Waals surface area contributed by atoms with Gasteiger partial charge < -0.3 is 80.3 Å². The molecule has 2 aromatic rings. The smallest absolute Gasteiger partial charge is 0.328 e. The monoisotopic (exact) mass is 1640 g/mol. The molecule has 8 rings (SSSR count). The second kappa shape index (κ2) is 42.3. The molecule has 0 spiro atoms. The first kappa shape index (κ1) is 97.3. The molecule has 0 bridgehead atoms. The number of methoxy groups -OCH3 is 6. The summed E-state index contributed by atoms with van der Waals surface area (Å²) < 4.78 is 27.6. The number of esters is 6. The number of nitrogen functional groups attached to an aromatic ring is 1. The fourth-order valence-corrected chi connectivity index (χ4v) is 12.9. The van der Waals surface area contributed by atoms with E-state index < -0.39 is 105 Å². The molecule has 0 saturated heterocycles. The Morgan fingerprint density at radius 1 is 0.528 bits per heavy atom. The normalized spacial score (nSPS) is 17.4. The number of terminal acetylenes is 1. The van der Waals surface area contributed by atoms with Crippen LogP contribution in [-0.4, -0.2) is 261 Å².